The van der Waals surface area contributed by atoms with Crippen LogP contribution in [0.2, 0.25) is 0 Å². The smallest absolute Gasteiger partial charge is 0.343 e. The summed E-state index contributed by atoms with van der Waals surface area (Å²) in [4.78, 5) is 36.9. The molecule has 2 fully saturated rings. The van der Waals surface area contributed by atoms with Gasteiger partial charge in [0.15, 0.2) is 0 Å². The van der Waals surface area contributed by atoms with Crippen molar-refractivity contribution in [1.82, 2.24) is 19.4 Å². The first-order valence-electron chi connectivity index (χ1n) is 11.7. The van der Waals surface area contributed by atoms with Gasteiger partial charge in [-0.2, -0.15) is 4.98 Å². The summed E-state index contributed by atoms with van der Waals surface area (Å²) in [6, 6.07) is 0.223. The van der Waals surface area contributed by atoms with Gasteiger partial charge in [-0.15, -0.1) is 0 Å². The SMILES string of the molecule is CCOC(=O)c1cn(C2CCCCC2)c2nc(NCCN3CCCCC3)ncc2c1=O. The van der Waals surface area contributed by atoms with Gasteiger partial charge in [0, 0.05) is 31.5 Å². The first kappa shape index (κ1) is 21.7. The van der Waals surface area contributed by atoms with Crippen LogP contribution in [-0.2, 0) is 4.74 Å². The van der Waals surface area contributed by atoms with Crippen LogP contribution in [0, 0.1) is 0 Å². The minimum absolute atomic E-state index is 0.0642. The van der Waals surface area contributed by atoms with Crippen molar-refractivity contribution in [2.24, 2.45) is 0 Å². The molecule has 1 N–H and O–H groups in total. The summed E-state index contributed by atoms with van der Waals surface area (Å²) in [6.45, 7) is 5.99. The third kappa shape index (κ3) is 5.06. The normalized spacial score (nSPS) is 18.2. The Labute approximate surface area is 183 Å². The molecule has 0 bridgehead atoms. The number of carbonyl (C=O) groups excluding carboxylic acids is 1. The average Bonchev–Trinajstić information content (AvgIpc) is 2.81. The Bertz CT molecular complexity index is 962. The van der Waals surface area contributed by atoms with E-state index in [1.165, 1.54) is 25.7 Å². The van der Waals surface area contributed by atoms with Gasteiger partial charge in [-0.05, 0) is 45.7 Å². The largest absolute Gasteiger partial charge is 0.462 e. The molecule has 1 saturated heterocycles. The number of fused-ring (bicyclic) bond motifs is 1. The molecule has 31 heavy (non-hydrogen) atoms. The zero-order valence-corrected chi connectivity index (χ0v) is 18.4. The Morgan fingerprint density at radius 3 is 2.65 bits per heavy atom. The fourth-order valence-electron chi connectivity index (χ4n) is 4.72. The van der Waals surface area contributed by atoms with Gasteiger partial charge >= 0.3 is 5.97 Å². The lowest BCUT2D eigenvalue weighted by molar-refractivity contribution is 0.0524. The van der Waals surface area contributed by atoms with Crippen molar-refractivity contribution in [2.75, 3.05) is 38.1 Å². The van der Waals surface area contributed by atoms with Crippen molar-refractivity contribution in [1.29, 1.82) is 0 Å². The summed E-state index contributed by atoms with van der Waals surface area (Å²) in [6.07, 6.45) is 12.6. The van der Waals surface area contributed by atoms with Crippen molar-refractivity contribution >= 4 is 23.0 Å². The van der Waals surface area contributed by atoms with E-state index < -0.39 is 5.97 Å². The predicted molar refractivity (Wildman–Crippen MR) is 121 cm³/mol. The highest BCUT2D eigenvalue weighted by Gasteiger charge is 2.23. The van der Waals surface area contributed by atoms with Crippen LogP contribution in [0.5, 0.6) is 0 Å². The third-order valence-corrected chi connectivity index (χ3v) is 6.39. The van der Waals surface area contributed by atoms with E-state index in [0.717, 1.165) is 51.9 Å². The van der Waals surface area contributed by atoms with Crippen molar-refractivity contribution in [3.63, 3.8) is 0 Å². The van der Waals surface area contributed by atoms with Crippen molar-refractivity contribution < 1.29 is 9.53 Å². The molecule has 8 heteroatoms. The van der Waals surface area contributed by atoms with Crippen molar-refractivity contribution in [3.05, 3.63) is 28.2 Å². The monoisotopic (exact) mass is 427 g/mol. The molecule has 0 aromatic carbocycles. The molecular formula is C23H33N5O3. The van der Waals surface area contributed by atoms with E-state index in [1.54, 1.807) is 19.3 Å². The summed E-state index contributed by atoms with van der Waals surface area (Å²) in [5.41, 5.74) is 0.301. The van der Waals surface area contributed by atoms with Crippen LogP contribution in [-0.4, -0.2) is 58.2 Å². The Kier molecular flexibility index (Phi) is 7.17. The molecule has 4 rings (SSSR count). The lowest BCUT2D eigenvalue weighted by atomic mass is 9.95. The second-order valence-electron chi connectivity index (χ2n) is 8.55. The zero-order valence-electron chi connectivity index (χ0n) is 18.4. The highest BCUT2D eigenvalue weighted by atomic mass is 16.5. The third-order valence-electron chi connectivity index (χ3n) is 6.39. The van der Waals surface area contributed by atoms with Crippen molar-refractivity contribution in [3.8, 4) is 0 Å². The fourth-order valence-corrected chi connectivity index (χ4v) is 4.72. The molecule has 3 heterocycles. The van der Waals surface area contributed by atoms with E-state index in [1.807, 2.05) is 4.57 Å². The molecule has 0 atom stereocenters. The number of aromatic nitrogens is 3. The number of ether oxygens (including phenoxy) is 1. The van der Waals surface area contributed by atoms with Gasteiger partial charge in [0.2, 0.25) is 11.4 Å². The molecule has 0 unspecified atom stereocenters. The Hall–Kier alpha value is -2.48. The molecule has 0 spiro atoms. The van der Waals surface area contributed by atoms with Gasteiger partial charge in [-0.25, -0.2) is 9.78 Å². The van der Waals surface area contributed by atoms with Crippen molar-refractivity contribution in [2.45, 2.75) is 64.3 Å². The number of piperidine rings is 1. The minimum atomic E-state index is -0.581. The number of nitrogens with one attached hydrogen (secondary N) is 1. The Balaban J connectivity index is 1.63. The Morgan fingerprint density at radius 1 is 1.16 bits per heavy atom. The summed E-state index contributed by atoms with van der Waals surface area (Å²) in [5.74, 6) is -0.0555. The lowest BCUT2D eigenvalue weighted by Crippen LogP contribution is -2.34. The van der Waals surface area contributed by atoms with Gasteiger partial charge < -0.3 is 19.5 Å². The van der Waals surface area contributed by atoms with Crippen LogP contribution in [0.15, 0.2) is 17.2 Å². The average molecular weight is 428 g/mol. The quantitative estimate of drug-likeness (QED) is 0.678. The number of hydrogen-bond acceptors (Lipinski definition) is 7. The van der Waals surface area contributed by atoms with Crippen LogP contribution >= 0.6 is 0 Å². The number of esters is 1. The first-order valence-corrected chi connectivity index (χ1v) is 11.7. The minimum Gasteiger partial charge on any atom is -0.462 e. The Morgan fingerprint density at radius 2 is 1.90 bits per heavy atom. The molecule has 1 saturated carbocycles. The maximum atomic E-state index is 13.0. The van der Waals surface area contributed by atoms with E-state index in [2.05, 4.69) is 15.2 Å². The number of rotatable bonds is 7. The number of pyridine rings is 1. The highest BCUT2D eigenvalue weighted by Crippen LogP contribution is 2.30. The van der Waals surface area contributed by atoms with E-state index in [9.17, 15) is 9.59 Å². The molecule has 1 aliphatic heterocycles. The first-order chi connectivity index (χ1) is 15.2. The van der Waals surface area contributed by atoms with Gasteiger partial charge in [0.25, 0.3) is 0 Å². The van der Waals surface area contributed by atoms with Gasteiger partial charge in [0.05, 0.1) is 12.0 Å². The van der Waals surface area contributed by atoms with Gasteiger partial charge in [0.1, 0.15) is 11.2 Å². The number of anilines is 1. The van der Waals surface area contributed by atoms with Crippen LogP contribution in [0.25, 0.3) is 11.0 Å². The molecule has 0 amide bonds. The topological polar surface area (TPSA) is 89.3 Å². The second-order valence-corrected chi connectivity index (χ2v) is 8.55. The summed E-state index contributed by atoms with van der Waals surface area (Å²) < 4.78 is 7.14. The highest BCUT2D eigenvalue weighted by molar-refractivity contribution is 5.93. The number of nitrogens with zero attached hydrogens (tertiary/aromatic N) is 4. The van der Waals surface area contributed by atoms with E-state index in [0.29, 0.717) is 17.0 Å². The molecular weight excluding hydrogens is 394 g/mol. The molecule has 8 nitrogen and oxygen atoms in total. The molecule has 2 aliphatic rings. The van der Waals surface area contributed by atoms with Gasteiger partial charge in [-0.1, -0.05) is 25.7 Å². The number of hydrogen-bond donors (Lipinski definition) is 1. The standard InChI is InChI=1S/C23H33N5O3/c1-2-31-22(30)19-16-28(17-9-5-3-6-10-17)21-18(20(19)29)15-25-23(26-21)24-11-14-27-12-7-4-8-13-27/h15-17H,2-14H2,1H3,(H,24,25,26). The second kappa shape index (κ2) is 10.2. The lowest BCUT2D eigenvalue weighted by Gasteiger charge is -2.27. The van der Waals surface area contributed by atoms with Crippen LogP contribution < -0.4 is 10.7 Å². The predicted octanol–water partition coefficient (Wildman–Crippen LogP) is 3.37. The molecule has 0 radical (unpaired) electrons. The van der Waals surface area contributed by atoms with E-state index >= 15 is 0 Å². The van der Waals surface area contributed by atoms with E-state index in [-0.39, 0.29) is 23.6 Å². The fraction of sp³-hybridized carbons (Fsp3) is 0.652. The number of carbonyl (C=O) groups is 1. The number of likely N-dealkylation sites (tertiary alicyclic amines) is 1. The molecule has 168 valence electrons. The summed E-state index contributed by atoms with van der Waals surface area (Å²) in [7, 11) is 0. The molecule has 2 aromatic heterocycles. The summed E-state index contributed by atoms with van der Waals surface area (Å²) >= 11 is 0. The maximum Gasteiger partial charge on any atom is 0.343 e. The van der Waals surface area contributed by atoms with Crippen LogP contribution in [0.1, 0.15) is 74.7 Å². The molecule has 1 aliphatic carbocycles. The van der Waals surface area contributed by atoms with Crippen LogP contribution in [0.3, 0.4) is 0 Å². The zero-order chi connectivity index (χ0) is 21.6. The summed E-state index contributed by atoms with van der Waals surface area (Å²) in [5, 5.41) is 3.69. The molecule has 2 aromatic rings. The van der Waals surface area contributed by atoms with Crippen LogP contribution in [0.4, 0.5) is 5.95 Å². The maximum absolute atomic E-state index is 13.0. The van der Waals surface area contributed by atoms with Gasteiger partial charge in [-0.3, -0.25) is 4.79 Å². The van der Waals surface area contributed by atoms with E-state index in [4.69, 9.17) is 9.72 Å².